The fraction of sp³-hybridized carbons (Fsp3) is 0.529. The number of aromatic nitrogens is 2. The summed E-state index contributed by atoms with van der Waals surface area (Å²) >= 11 is 3.28. The second-order valence-corrected chi connectivity index (χ2v) is 16.0. The van der Waals surface area contributed by atoms with Crippen molar-refractivity contribution >= 4 is 50.8 Å². The summed E-state index contributed by atoms with van der Waals surface area (Å²) in [6, 6.07) is 4.63. The number of halogens is 1. The van der Waals surface area contributed by atoms with E-state index in [0.717, 1.165) is 11.4 Å². The van der Waals surface area contributed by atoms with Gasteiger partial charge in [-0.1, -0.05) is 19.6 Å². The lowest BCUT2D eigenvalue weighted by atomic mass is 10.3. The average Bonchev–Trinajstić information content (AvgIpc) is 2.96. The van der Waals surface area contributed by atoms with Crippen LogP contribution in [0.2, 0.25) is 25.7 Å². The molecule has 0 saturated carbocycles. The summed E-state index contributed by atoms with van der Waals surface area (Å²) in [5.41, 5.74) is 0.530. The molecule has 0 N–H and O–H groups in total. The van der Waals surface area contributed by atoms with Gasteiger partial charge in [0.1, 0.15) is 12.4 Å². The first-order valence-electron chi connectivity index (χ1n) is 8.56. The van der Waals surface area contributed by atoms with Crippen LogP contribution in [0.5, 0.6) is 0 Å². The summed E-state index contributed by atoms with van der Waals surface area (Å²) in [6.45, 7) is 7.82. The quantitative estimate of drug-likeness (QED) is 0.312. The van der Waals surface area contributed by atoms with Crippen LogP contribution in [0.15, 0.2) is 27.8 Å². The highest BCUT2D eigenvalue weighted by Gasteiger charge is 2.23. The highest BCUT2D eigenvalue weighted by molar-refractivity contribution is 9.10. The molecule has 2 aromatic heterocycles. The largest absolute Gasteiger partial charge is 0.469 e. The van der Waals surface area contributed by atoms with Gasteiger partial charge in [0.15, 0.2) is 14.9 Å². The lowest BCUT2D eigenvalue weighted by molar-refractivity contribution is -0.140. The molecule has 2 aromatic rings. The molecule has 0 unspecified atom stereocenters. The summed E-state index contributed by atoms with van der Waals surface area (Å²) in [7, 11) is -3.68. The summed E-state index contributed by atoms with van der Waals surface area (Å²) in [5, 5.41) is 0.726. The first-order chi connectivity index (χ1) is 12.5. The lowest BCUT2D eigenvalue weighted by Crippen LogP contribution is -2.22. The molecule has 0 atom stereocenters. The average molecular weight is 477 g/mol. The monoisotopic (exact) mass is 476 g/mol. The Morgan fingerprint density at radius 2 is 2.04 bits per heavy atom. The minimum absolute atomic E-state index is 0.0825. The van der Waals surface area contributed by atoms with Crippen LogP contribution in [0.1, 0.15) is 6.42 Å². The first-order valence-corrected chi connectivity index (χ1v) is 14.7. The number of carbonyl (C=O) groups is 1. The van der Waals surface area contributed by atoms with Gasteiger partial charge in [-0.2, -0.15) is 0 Å². The molecule has 0 fully saturated rings. The number of fused-ring (bicyclic) bond motifs is 1. The summed E-state index contributed by atoms with van der Waals surface area (Å²) < 4.78 is 37.6. The number of rotatable bonds is 9. The van der Waals surface area contributed by atoms with E-state index in [4.69, 9.17) is 4.74 Å². The van der Waals surface area contributed by atoms with Gasteiger partial charge in [-0.15, -0.1) is 0 Å². The van der Waals surface area contributed by atoms with Crippen molar-refractivity contribution in [1.29, 1.82) is 0 Å². The van der Waals surface area contributed by atoms with Crippen molar-refractivity contribution < 1.29 is 22.7 Å². The molecular weight excluding hydrogens is 452 g/mol. The van der Waals surface area contributed by atoms with Gasteiger partial charge < -0.3 is 14.0 Å². The van der Waals surface area contributed by atoms with Crippen LogP contribution in [0.25, 0.3) is 11.0 Å². The van der Waals surface area contributed by atoms with Crippen LogP contribution < -0.4 is 0 Å². The first kappa shape index (κ1) is 22.1. The molecule has 27 heavy (non-hydrogen) atoms. The molecule has 0 saturated heterocycles. The molecule has 2 rings (SSSR count). The molecule has 0 aliphatic rings. The van der Waals surface area contributed by atoms with Crippen LogP contribution in [0.4, 0.5) is 0 Å². The zero-order valence-corrected chi connectivity index (χ0v) is 19.4. The Hall–Kier alpha value is -1.23. The van der Waals surface area contributed by atoms with E-state index in [-0.39, 0.29) is 17.2 Å². The minimum atomic E-state index is -3.73. The smallest absolute Gasteiger partial charge is 0.306 e. The molecule has 0 aliphatic heterocycles. The number of ether oxygens (including phenoxy) is 2. The van der Waals surface area contributed by atoms with Crippen molar-refractivity contribution in [1.82, 2.24) is 9.55 Å². The Bertz CT molecular complexity index is 921. The molecule has 0 amide bonds. The van der Waals surface area contributed by atoms with E-state index in [2.05, 4.69) is 45.3 Å². The Balaban J connectivity index is 2.21. The molecule has 0 aliphatic carbocycles. The Morgan fingerprint density at radius 3 is 2.67 bits per heavy atom. The van der Waals surface area contributed by atoms with E-state index in [1.54, 1.807) is 10.6 Å². The number of nitrogens with zero attached hydrogens (tertiary/aromatic N) is 2. The van der Waals surface area contributed by atoms with Crippen LogP contribution in [-0.4, -0.2) is 51.5 Å². The van der Waals surface area contributed by atoms with Gasteiger partial charge in [0.25, 0.3) is 0 Å². The van der Waals surface area contributed by atoms with Crippen LogP contribution in [0.3, 0.4) is 0 Å². The van der Waals surface area contributed by atoms with Gasteiger partial charge >= 0.3 is 5.97 Å². The topological polar surface area (TPSA) is 87.5 Å². The SMILES string of the molecule is COC(=O)CCS(=O)(=O)c1nc2c(ccn2COCC[Si](C)(C)C)cc1Br. The van der Waals surface area contributed by atoms with E-state index in [1.165, 1.54) is 7.11 Å². The number of hydrogen-bond donors (Lipinski definition) is 0. The third-order valence-electron chi connectivity index (χ3n) is 3.98. The van der Waals surface area contributed by atoms with Crippen molar-refractivity contribution in [3.63, 3.8) is 0 Å². The number of hydrogen-bond acceptors (Lipinski definition) is 6. The van der Waals surface area contributed by atoms with Crippen molar-refractivity contribution in [3.8, 4) is 0 Å². The Morgan fingerprint density at radius 1 is 1.33 bits per heavy atom. The highest BCUT2D eigenvalue weighted by Crippen LogP contribution is 2.27. The molecule has 0 aromatic carbocycles. The Labute approximate surface area is 169 Å². The van der Waals surface area contributed by atoms with Gasteiger partial charge in [-0.25, -0.2) is 13.4 Å². The van der Waals surface area contributed by atoms with E-state index in [0.29, 0.717) is 23.5 Å². The highest BCUT2D eigenvalue weighted by atomic mass is 79.9. The minimum Gasteiger partial charge on any atom is -0.469 e. The van der Waals surface area contributed by atoms with E-state index in [1.807, 2.05) is 12.3 Å². The third kappa shape index (κ3) is 6.13. The maximum absolute atomic E-state index is 12.6. The second kappa shape index (κ2) is 8.85. The predicted molar refractivity (Wildman–Crippen MR) is 110 cm³/mol. The van der Waals surface area contributed by atoms with E-state index >= 15 is 0 Å². The molecule has 0 spiro atoms. The van der Waals surface area contributed by atoms with Gasteiger partial charge in [0.05, 0.1) is 23.8 Å². The van der Waals surface area contributed by atoms with Crippen molar-refractivity contribution in [3.05, 3.63) is 22.8 Å². The maximum atomic E-state index is 12.6. The van der Waals surface area contributed by atoms with Crippen molar-refractivity contribution in [2.24, 2.45) is 0 Å². The van der Waals surface area contributed by atoms with Gasteiger partial charge in [0, 0.05) is 26.3 Å². The molecule has 7 nitrogen and oxygen atoms in total. The van der Waals surface area contributed by atoms with Gasteiger partial charge in [-0.05, 0) is 34.1 Å². The van der Waals surface area contributed by atoms with Crippen molar-refractivity contribution in [2.45, 2.75) is 43.9 Å². The molecule has 150 valence electrons. The molecule has 0 radical (unpaired) electrons. The summed E-state index contributed by atoms with van der Waals surface area (Å²) in [5.74, 6) is -0.931. The predicted octanol–water partition coefficient (Wildman–Crippen LogP) is 3.45. The number of sulfone groups is 1. The number of methoxy groups -OCH3 is 1. The van der Waals surface area contributed by atoms with E-state index < -0.39 is 23.9 Å². The van der Waals surface area contributed by atoms with Gasteiger partial charge in [0.2, 0.25) is 0 Å². The van der Waals surface area contributed by atoms with Crippen molar-refractivity contribution in [2.75, 3.05) is 19.5 Å². The second-order valence-electron chi connectivity index (χ2n) is 7.47. The fourth-order valence-corrected chi connectivity index (χ4v) is 5.39. The number of pyridine rings is 1. The van der Waals surface area contributed by atoms with Crippen LogP contribution >= 0.6 is 15.9 Å². The third-order valence-corrected chi connectivity index (χ3v) is 8.20. The lowest BCUT2D eigenvalue weighted by Gasteiger charge is -2.15. The fourth-order valence-electron chi connectivity index (χ4n) is 2.35. The zero-order chi connectivity index (χ0) is 20.2. The molecule has 2 heterocycles. The molecular formula is C17H25BrN2O5SSi. The van der Waals surface area contributed by atoms with Crippen LogP contribution in [-0.2, 0) is 30.8 Å². The van der Waals surface area contributed by atoms with Gasteiger partial charge in [-0.3, -0.25) is 4.79 Å². The number of carbonyl (C=O) groups excluding carboxylic acids is 1. The summed E-state index contributed by atoms with van der Waals surface area (Å²) in [6.07, 6.45) is 1.61. The van der Waals surface area contributed by atoms with E-state index in [9.17, 15) is 13.2 Å². The molecule has 0 bridgehead atoms. The Kier molecular flexibility index (Phi) is 7.23. The molecule has 10 heteroatoms. The zero-order valence-electron chi connectivity index (χ0n) is 16.0. The normalized spacial score (nSPS) is 12.5. The summed E-state index contributed by atoms with van der Waals surface area (Å²) in [4.78, 5) is 15.6. The number of esters is 1. The van der Waals surface area contributed by atoms with Crippen LogP contribution in [0, 0.1) is 0 Å². The standard InChI is InChI=1S/C17H25BrN2O5SSi/c1-24-15(21)6-9-26(22,23)17-14(18)11-13-5-7-20(16(13)19-17)12-25-8-10-27(2,3)4/h5,7,11H,6,8-10,12H2,1-4H3. The maximum Gasteiger partial charge on any atom is 0.306 e.